The zero-order valence-electron chi connectivity index (χ0n) is 14.5. The average molecular weight is 360 g/mol. The van der Waals surface area contributed by atoms with Gasteiger partial charge in [-0.3, -0.25) is 24.3 Å². The van der Waals surface area contributed by atoms with Crippen molar-refractivity contribution in [1.82, 2.24) is 14.5 Å². The molecule has 1 aromatic carbocycles. The topological polar surface area (TPSA) is 108 Å². The van der Waals surface area contributed by atoms with E-state index in [1.54, 1.807) is 4.90 Å². The smallest absolute Gasteiger partial charge is 0.289 e. The van der Waals surface area contributed by atoms with Crippen molar-refractivity contribution in [2.75, 3.05) is 26.8 Å². The number of hydrogen-bond donors (Lipinski definition) is 0. The maximum atomic E-state index is 12.9. The van der Waals surface area contributed by atoms with Crippen LogP contribution in [0.15, 0.2) is 23.0 Å². The number of aromatic nitrogens is 2. The Morgan fingerprint density at radius 1 is 1.31 bits per heavy atom. The number of benzene rings is 1. The molecule has 0 bridgehead atoms. The number of likely N-dealkylation sites (tertiary alicyclic amines) is 1. The number of non-ortho nitro benzene ring substituents is 1. The minimum atomic E-state index is -0.564. The van der Waals surface area contributed by atoms with E-state index in [1.165, 1.54) is 29.9 Å². The predicted molar refractivity (Wildman–Crippen MR) is 94.3 cm³/mol. The first kappa shape index (κ1) is 18.0. The van der Waals surface area contributed by atoms with Crippen molar-refractivity contribution < 1.29 is 14.5 Å². The number of nitrogens with zero attached hydrogens (tertiary/aromatic N) is 4. The van der Waals surface area contributed by atoms with Gasteiger partial charge in [0.2, 0.25) is 5.82 Å². The van der Waals surface area contributed by atoms with Crippen molar-refractivity contribution in [2.24, 2.45) is 0 Å². The number of piperidine rings is 1. The molecule has 1 amide bonds. The molecule has 138 valence electrons. The molecule has 1 fully saturated rings. The lowest BCUT2D eigenvalue weighted by molar-refractivity contribution is -0.384. The zero-order chi connectivity index (χ0) is 18.7. The number of carbonyl (C=O) groups is 1. The molecule has 3 rings (SSSR count). The van der Waals surface area contributed by atoms with Gasteiger partial charge < -0.3 is 9.64 Å². The highest BCUT2D eigenvalue weighted by Gasteiger charge is 2.24. The molecule has 9 heteroatoms. The van der Waals surface area contributed by atoms with Crippen molar-refractivity contribution in [1.29, 1.82) is 0 Å². The van der Waals surface area contributed by atoms with Gasteiger partial charge in [0.1, 0.15) is 0 Å². The molecule has 9 nitrogen and oxygen atoms in total. The van der Waals surface area contributed by atoms with Gasteiger partial charge in [0.15, 0.2) is 0 Å². The molecule has 1 aliphatic rings. The molecule has 0 N–H and O–H groups in total. The van der Waals surface area contributed by atoms with Crippen LogP contribution in [0.5, 0.6) is 0 Å². The normalized spacial score (nSPS) is 14.6. The standard InChI is InChI=1S/C17H20N4O5/c1-26-10-9-20-15(17(23)19-7-3-2-4-8-19)18-14-6-5-12(21(24)25)11-13(14)16(20)22/h5-6,11H,2-4,7-10H2,1H3. The summed E-state index contributed by atoms with van der Waals surface area (Å²) in [6.07, 6.45) is 2.93. The molecule has 2 aromatic rings. The van der Waals surface area contributed by atoms with Crippen LogP contribution in [0.4, 0.5) is 5.69 Å². The summed E-state index contributed by atoms with van der Waals surface area (Å²) in [5.74, 6) is -0.242. The van der Waals surface area contributed by atoms with Gasteiger partial charge in [-0.1, -0.05) is 0 Å². The highest BCUT2D eigenvalue weighted by molar-refractivity contribution is 5.93. The monoisotopic (exact) mass is 360 g/mol. The molecule has 0 saturated carbocycles. The minimum Gasteiger partial charge on any atom is -0.383 e. The molecular weight excluding hydrogens is 340 g/mol. The number of methoxy groups -OCH3 is 1. The Kier molecular flexibility index (Phi) is 5.27. The van der Waals surface area contributed by atoms with E-state index < -0.39 is 10.5 Å². The molecule has 1 aliphatic heterocycles. The third-order valence-corrected chi connectivity index (χ3v) is 4.50. The molecule has 0 unspecified atom stereocenters. The largest absolute Gasteiger partial charge is 0.383 e. The Morgan fingerprint density at radius 3 is 2.69 bits per heavy atom. The maximum absolute atomic E-state index is 12.9. The fourth-order valence-electron chi connectivity index (χ4n) is 3.11. The summed E-state index contributed by atoms with van der Waals surface area (Å²) in [5, 5.41) is 11.1. The Morgan fingerprint density at radius 2 is 2.04 bits per heavy atom. The maximum Gasteiger partial charge on any atom is 0.289 e. The van der Waals surface area contributed by atoms with Crippen LogP contribution in [0.1, 0.15) is 29.9 Å². The molecule has 0 spiro atoms. The SMILES string of the molecule is COCCn1c(C(=O)N2CCCCC2)nc2ccc([N+](=O)[O-])cc2c1=O. The van der Waals surface area contributed by atoms with Gasteiger partial charge in [-0.15, -0.1) is 0 Å². The number of hydrogen-bond acceptors (Lipinski definition) is 6. The number of rotatable bonds is 5. The second-order valence-corrected chi connectivity index (χ2v) is 6.20. The molecule has 0 radical (unpaired) electrons. The van der Waals surface area contributed by atoms with E-state index in [2.05, 4.69) is 4.98 Å². The van der Waals surface area contributed by atoms with Crippen molar-refractivity contribution in [3.05, 3.63) is 44.5 Å². The molecule has 1 aromatic heterocycles. The average Bonchev–Trinajstić information content (AvgIpc) is 2.67. The van der Waals surface area contributed by atoms with Gasteiger partial charge in [-0.25, -0.2) is 4.98 Å². The number of fused-ring (bicyclic) bond motifs is 1. The Labute approximate surface area is 149 Å². The second kappa shape index (κ2) is 7.61. The lowest BCUT2D eigenvalue weighted by atomic mass is 10.1. The first-order chi connectivity index (χ1) is 12.5. The van der Waals surface area contributed by atoms with Gasteiger partial charge >= 0.3 is 0 Å². The van der Waals surface area contributed by atoms with E-state index in [0.717, 1.165) is 19.3 Å². The van der Waals surface area contributed by atoms with Crippen molar-refractivity contribution in [3.63, 3.8) is 0 Å². The van der Waals surface area contributed by atoms with Crippen LogP contribution < -0.4 is 5.56 Å². The van der Waals surface area contributed by atoms with Crippen LogP contribution >= 0.6 is 0 Å². The van der Waals surface area contributed by atoms with Crippen molar-refractivity contribution in [3.8, 4) is 0 Å². The summed E-state index contributed by atoms with van der Waals surface area (Å²) in [7, 11) is 1.50. The number of nitro groups is 1. The lowest BCUT2D eigenvalue weighted by Crippen LogP contribution is -2.40. The van der Waals surface area contributed by atoms with Crippen LogP contribution in [0.2, 0.25) is 0 Å². The van der Waals surface area contributed by atoms with E-state index in [9.17, 15) is 19.7 Å². The van der Waals surface area contributed by atoms with Crippen LogP contribution in [-0.2, 0) is 11.3 Å². The van der Waals surface area contributed by atoms with E-state index in [-0.39, 0.29) is 41.5 Å². The van der Waals surface area contributed by atoms with Gasteiger partial charge in [0.25, 0.3) is 17.2 Å². The number of carbonyl (C=O) groups excluding carboxylic acids is 1. The summed E-state index contributed by atoms with van der Waals surface area (Å²) in [5.41, 5.74) is -0.393. The highest BCUT2D eigenvalue weighted by atomic mass is 16.6. The summed E-state index contributed by atoms with van der Waals surface area (Å²) in [4.78, 5) is 42.3. The summed E-state index contributed by atoms with van der Waals surface area (Å²) >= 11 is 0. The summed E-state index contributed by atoms with van der Waals surface area (Å²) in [6.45, 7) is 1.65. The quantitative estimate of drug-likeness (QED) is 0.592. The van der Waals surface area contributed by atoms with Crippen LogP contribution in [-0.4, -0.2) is 52.1 Å². The van der Waals surface area contributed by atoms with Gasteiger partial charge in [0, 0.05) is 32.3 Å². The Bertz CT molecular complexity index is 902. The highest BCUT2D eigenvalue weighted by Crippen LogP contribution is 2.18. The third-order valence-electron chi connectivity index (χ3n) is 4.50. The zero-order valence-corrected chi connectivity index (χ0v) is 14.5. The predicted octanol–water partition coefficient (Wildman–Crippen LogP) is 1.58. The van der Waals surface area contributed by atoms with Gasteiger partial charge in [0.05, 0.1) is 29.0 Å². The molecule has 1 saturated heterocycles. The van der Waals surface area contributed by atoms with Crippen molar-refractivity contribution >= 4 is 22.5 Å². The number of amides is 1. The lowest BCUT2D eigenvalue weighted by Gasteiger charge is -2.27. The fourth-order valence-corrected chi connectivity index (χ4v) is 3.11. The first-order valence-corrected chi connectivity index (χ1v) is 8.50. The Balaban J connectivity index is 2.13. The molecular formula is C17H20N4O5. The second-order valence-electron chi connectivity index (χ2n) is 6.20. The Hall–Kier alpha value is -2.81. The van der Waals surface area contributed by atoms with Crippen LogP contribution in [0, 0.1) is 10.1 Å². The van der Waals surface area contributed by atoms with Gasteiger partial charge in [-0.2, -0.15) is 0 Å². The van der Waals surface area contributed by atoms with E-state index in [4.69, 9.17) is 4.74 Å². The first-order valence-electron chi connectivity index (χ1n) is 8.50. The summed E-state index contributed by atoms with van der Waals surface area (Å²) < 4.78 is 6.29. The van der Waals surface area contributed by atoms with E-state index in [0.29, 0.717) is 13.1 Å². The van der Waals surface area contributed by atoms with Gasteiger partial charge in [-0.05, 0) is 25.3 Å². The molecule has 2 heterocycles. The molecule has 0 atom stereocenters. The van der Waals surface area contributed by atoms with E-state index in [1.807, 2.05) is 0 Å². The molecule has 0 aliphatic carbocycles. The summed E-state index contributed by atoms with van der Waals surface area (Å²) in [6, 6.07) is 3.88. The fraction of sp³-hybridized carbons (Fsp3) is 0.471. The minimum absolute atomic E-state index is 0.0512. The van der Waals surface area contributed by atoms with E-state index >= 15 is 0 Å². The number of ether oxygens (including phenoxy) is 1. The van der Waals surface area contributed by atoms with Crippen LogP contribution in [0.25, 0.3) is 10.9 Å². The number of nitro benzene ring substituents is 1. The third kappa shape index (κ3) is 3.43. The molecule has 26 heavy (non-hydrogen) atoms. The van der Waals surface area contributed by atoms with Crippen molar-refractivity contribution in [2.45, 2.75) is 25.8 Å². The van der Waals surface area contributed by atoms with Crippen LogP contribution in [0.3, 0.4) is 0 Å².